The van der Waals surface area contributed by atoms with Gasteiger partial charge in [-0.3, -0.25) is 4.79 Å². The summed E-state index contributed by atoms with van der Waals surface area (Å²) in [5, 5.41) is 5.03. The Balaban J connectivity index is 1.49. The van der Waals surface area contributed by atoms with Gasteiger partial charge in [0.25, 0.3) is 0 Å². The van der Waals surface area contributed by atoms with E-state index in [4.69, 9.17) is 27.9 Å². The number of amides is 1. The lowest BCUT2D eigenvalue weighted by atomic mass is 9.40. The van der Waals surface area contributed by atoms with Gasteiger partial charge in [0.15, 0.2) is 5.75 Å². The predicted octanol–water partition coefficient (Wildman–Crippen LogP) is 5.45. The van der Waals surface area contributed by atoms with E-state index in [0.29, 0.717) is 32.5 Å². The molecule has 27 heavy (non-hydrogen) atoms. The standard InChI is InChI=1S/C21H26Cl2N2O2/c1-19-6-14-7-20(2,10-19)12-21(8-14,11-19)18(26)25-24-9-13-4-15(22)17(27-3)16(23)5-13/h4-5,9,14H,6-8,10-12H2,1-3H3,(H,25,26)/b24-9+. The molecule has 0 spiro atoms. The Morgan fingerprint density at radius 2 is 1.74 bits per heavy atom. The molecular weight excluding hydrogens is 383 g/mol. The lowest BCUT2D eigenvalue weighted by Gasteiger charge is -2.64. The highest BCUT2D eigenvalue weighted by atomic mass is 35.5. The van der Waals surface area contributed by atoms with E-state index in [1.54, 1.807) is 18.3 Å². The molecule has 0 aromatic heterocycles. The molecule has 0 heterocycles. The zero-order valence-electron chi connectivity index (χ0n) is 16.1. The van der Waals surface area contributed by atoms with Gasteiger partial charge in [-0.1, -0.05) is 37.0 Å². The van der Waals surface area contributed by atoms with Gasteiger partial charge in [0, 0.05) is 0 Å². The highest BCUT2D eigenvalue weighted by molar-refractivity contribution is 6.37. The van der Waals surface area contributed by atoms with Crippen LogP contribution in [-0.2, 0) is 4.79 Å². The van der Waals surface area contributed by atoms with Crippen LogP contribution in [0.3, 0.4) is 0 Å². The quantitative estimate of drug-likeness (QED) is 0.531. The molecule has 4 aliphatic carbocycles. The highest BCUT2D eigenvalue weighted by Crippen LogP contribution is 2.69. The average Bonchev–Trinajstić information content (AvgIpc) is 2.51. The van der Waals surface area contributed by atoms with Crippen LogP contribution in [0.4, 0.5) is 0 Å². The lowest BCUT2D eigenvalue weighted by Crippen LogP contribution is -2.59. The Kier molecular flexibility index (Phi) is 4.51. The summed E-state index contributed by atoms with van der Waals surface area (Å²) >= 11 is 12.3. The number of halogens is 2. The van der Waals surface area contributed by atoms with Crippen molar-refractivity contribution in [2.75, 3.05) is 7.11 Å². The van der Waals surface area contributed by atoms with E-state index in [0.717, 1.165) is 24.8 Å². The first-order valence-corrected chi connectivity index (χ1v) is 10.3. The number of carbonyl (C=O) groups excluding carboxylic acids is 1. The van der Waals surface area contributed by atoms with Crippen LogP contribution in [0.5, 0.6) is 5.75 Å². The van der Waals surface area contributed by atoms with Gasteiger partial charge in [0.1, 0.15) is 0 Å². The number of carbonyl (C=O) groups is 1. The summed E-state index contributed by atoms with van der Waals surface area (Å²) in [5.41, 5.74) is 3.85. The molecule has 4 bridgehead atoms. The fourth-order valence-corrected chi connectivity index (χ4v) is 7.49. The maximum Gasteiger partial charge on any atom is 0.246 e. The molecule has 1 aromatic carbocycles. The highest BCUT2D eigenvalue weighted by Gasteiger charge is 2.62. The van der Waals surface area contributed by atoms with E-state index in [2.05, 4.69) is 24.4 Å². The summed E-state index contributed by atoms with van der Waals surface area (Å²) in [6, 6.07) is 3.43. The third kappa shape index (κ3) is 3.36. The minimum atomic E-state index is -0.268. The van der Waals surface area contributed by atoms with Crippen molar-refractivity contribution in [3.8, 4) is 5.75 Å². The average molecular weight is 409 g/mol. The second-order valence-corrected chi connectivity index (χ2v) is 10.4. The van der Waals surface area contributed by atoms with Crippen molar-refractivity contribution in [2.24, 2.45) is 27.3 Å². The van der Waals surface area contributed by atoms with Crippen LogP contribution in [0.2, 0.25) is 10.0 Å². The zero-order valence-corrected chi connectivity index (χ0v) is 17.6. The fraction of sp³-hybridized carbons (Fsp3) is 0.619. The third-order valence-electron chi connectivity index (χ3n) is 6.71. The Labute approximate surface area is 170 Å². The summed E-state index contributed by atoms with van der Waals surface area (Å²) in [4.78, 5) is 13.1. The number of hydrazone groups is 1. The zero-order chi connectivity index (χ0) is 19.4. The fourth-order valence-electron chi connectivity index (χ4n) is 6.83. The van der Waals surface area contributed by atoms with Gasteiger partial charge in [-0.2, -0.15) is 5.10 Å². The SMILES string of the molecule is COc1c(Cl)cc(/C=N/NC(=O)C23CC4CC(C)(CC(C)(C4)C2)C3)cc1Cl. The maximum atomic E-state index is 13.1. The van der Waals surface area contributed by atoms with E-state index in [9.17, 15) is 4.79 Å². The molecule has 1 amide bonds. The van der Waals surface area contributed by atoms with E-state index in [1.165, 1.54) is 26.4 Å². The molecule has 4 nitrogen and oxygen atoms in total. The molecule has 6 heteroatoms. The summed E-state index contributed by atoms with van der Waals surface area (Å²) < 4.78 is 5.15. The van der Waals surface area contributed by atoms with Crippen LogP contribution in [0, 0.1) is 22.2 Å². The molecule has 0 radical (unpaired) electrons. The molecule has 5 rings (SSSR count). The van der Waals surface area contributed by atoms with Crippen LogP contribution in [-0.4, -0.2) is 19.2 Å². The van der Waals surface area contributed by atoms with Crippen molar-refractivity contribution in [1.29, 1.82) is 0 Å². The summed E-state index contributed by atoms with van der Waals surface area (Å²) in [6.07, 6.45) is 8.32. The molecule has 146 valence electrons. The normalized spacial score (nSPS) is 37.0. The number of benzene rings is 1. The second kappa shape index (κ2) is 6.38. The van der Waals surface area contributed by atoms with Crippen molar-refractivity contribution >= 4 is 35.3 Å². The molecule has 1 aromatic rings. The number of rotatable bonds is 4. The van der Waals surface area contributed by atoms with Crippen LogP contribution in [0.1, 0.15) is 57.9 Å². The number of nitrogens with zero attached hydrogens (tertiary/aromatic N) is 1. The third-order valence-corrected chi connectivity index (χ3v) is 7.27. The summed E-state index contributed by atoms with van der Waals surface area (Å²) in [7, 11) is 1.52. The van der Waals surface area contributed by atoms with Gasteiger partial charge >= 0.3 is 0 Å². The van der Waals surface area contributed by atoms with Crippen molar-refractivity contribution < 1.29 is 9.53 Å². The van der Waals surface area contributed by atoms with Gasteiger partial charge in [0.2, 0.25) is 5.91 Å². The number of hydrogen-bond donors (Lipinski definition) is 1. The van der Waals surface area contributed by atoms with Crippen LogP contribution >= 0.6 is 23.2 Å². The van der Waals surface area contributed by atoms with Crippen LogP contribution in [0.25, 0.3) is 0 Å². The molecular formula is C21H26Cl2N2O2. The van der Waals surface area contributed by atoms with Gasteiger partial charge < -0.3 is 4.74 Å². The van der Waals surface area contributed by atoms with Crippen molar-refractivity contribution in [1.82, 2.24) is 5.43 Å². The molecule has 4 aliphatic rings. The minimum absolute atomic E-state index is 0.0611. The largest absolute Gasteiger partial charge is 0.494 e. The Hall–Kier alpha value is -1.26. The van der Waals surface area contributed by atoms with E-state index in [1.807, 2.05) is 0 Å². The molecule has 2 atom stereocenters. The van der Waals surface area contributed by atoms with Crippen molar-refractivity contribution in [3.63, 3.8) is 0 Å². The molecule has 0 aliphatic heterocycles. The topological polar surface area (TPSA) is 50.7 Å². The first-order chi connectivity index (χ1) is 12.7. The van der Waals surface area contributed by atoms with Crippen molar-refractivity contribution in [3.05, 3.63) is 27.7 Å². The minimum Gasteiger partial charge on any atom is -0.494 e. The Bertz CT molecular complexity index is 781. The van der Waals surface area contributed by atoms with Crippen LogP contribution in [0.15, 0.2) is 17.2 Å². The number of ether oxygens (including phenoxy) is 1. The van der Waals surface area contributed by atoms with E-state index < -0.39 is 0 Å². The van der Waals surface area contributed by atoms with E-state index >= 15 is 0 Å². The maximum absolute atomic E-state index is 13.1. The van der Waals surface area contributed by atoms with Gasteiger partial charge in [-0.15, -0.1) is 0 Å². The molecule has 4 fully saturated rings. The van der Waals surface area contributed by atoms with Gasteiger partial charge in [-0.05, 0) is 73.0 Å². The lowest BCUT2D eigenvalue weighted by molar-refractivity contribution is -0.170. The number of methoxy groups -OCH3 is 1. The van der Waals surface area contributed by atoms with Gasteiger partial charge in [0.05, 0.1) is 28.8 Å². The van der Waals surface area contributed by atoms with Gasteiger partial charge in [-0.25, -0.2) is 5.43 Å². The molecule has 1 N–H and O–H groups in total. The second-order valence-electron chi connectivity index (χ2n) is 9.63. The molecule has 0 saturated heterocycles. The predicted molar refractivity (Wildman–Crippen MR) is 109 cm³/mol. The summed E-state index contributed by atoms with van der Waals surface area (Å²) in [5.74, 6) is 1.17. The summed E-state index contributed by atoms with van der Waals surface area (Å²) in [6.45, 7) is 4.73. The smallest absolute Gasteiger partial charge is 0.246 e. The van der Waals surface area contributed by atoms with Crippen LogP contribution < -0.4 is 10.2 Å². The first kappa shape index (κ1) is 19.1. The van der Waals surface area contributed by atoms with E-state index in [-0.39, 0.29) is 11.3 Å². The number of nitrogens with one attached hydrogen (secondary N) is 1. The van der Waals surface area contributed by atoms with Crippen molar-refractivity contribution in [2.45, 2.75) is 52.4 Å². The molecule has 2 unspecified atom stereocenters. The Morgan fingerprint density at radius 1 is 1.15 bits per heavy atom. The first-order valence-electron chi connectivity index (χ1n) is 9.53. The monoisotopic (exact) mass is 408 g/mol. The Morgan fingerprint density at radius 3 is 2.26 bits per heavy atom. The number of hydrogen-bond acceptors (Lipinski definition) is 3. The molecule has 4 saturated carbocycles.